The first kappa shape index (κ1) is 24.5. The quantitative estimate of drug-likeness (QED) is 0.424. The molecule has 0 saturated carbocycles. The molecule has 0 spiro atoms. The van der Waals surface area contributed by atoms with Gasteiger partial charge in [-0.1, -0.05) is 17.7 Å². The number of ether oxygens (including phenoxy) is 1. The summed E-state index contributed by atoms with van der Waals surface area (Å²) >= 11 is 6.48. The summed E-state index contributed by atoms with van der Waals surface area (Å²) in [5, 5.41) is 10.6. The summed E-state index contributed by atoms with van der Waals surface area (Å²) in [4.78, 5) is 30.8. The molecule has 8 nitrogen and oxygen atoms in total. The van der Waals surface area contributed by atoms with E-state index in [0.717, 1.165) is 11.4 Å². The van der Waals surface area contributed by atoms with Crippen LogP contribution in [0.3, 0.4) is 0 Å². The zero-order valence-corrected chi connectivity index (χ0v) is 21.0. The van der Waals surface area contributed by atoms with E-state index >= 15 is 0 Å². The summed E-state index contributed by atoms with van der Waals surface area (Å²) in [6.45, 7) is 8.91. The first-order chi connectivity index (χ1) is 16.5. The number of pyridine rings is 3. The van der Waals surface area contributed by atoms with E-state index in [0.29, 0.717) is 39.1 Å². The lowest BCUT2D eigenvalue weighted by Gasteiger charge is -2.17. The molecule has 0 aliphatic carbocycles. The van der Waals surface area contributed by atoms with E-state index in [1.807, 2.05) is 32.0 Å². The number of aromatic nitrogens is 5. The second kappa shape index (κ2) is 9.56. The number of halogens is 1. The summed E-state index contributed by atoms with van der Waals surface area (Å²) in [7, 11) is 0. The lowest BCUT2D eigenvalue weighted by molar-refractivity contribution is 0.0688. The van der Waals surface area contributed by atoms with Crippen LogP contribution in [0.25, 0.3) is 17.1 Å². The molecule has 4 aromatic rings. The molecular weight excluding hydrogens is 466 g/mol. The number of aliphatic hydroxyl groups is 1. The van der Waals surface area contributed by atoms with E-state index in [1.165, 1.54) is 10.8 Å². The highest BCUT2D eigenvalue weighted by molar-refractivity contribution is 6.32. The van der Waals surface area contributed by atoms with E-state index in [4.69, 9.17) is 16.3 Å². The molecule has 35 heavy (non-hydrogen) atoms. The maximum absolute atomic E-state index is 13.4. The van der Waals surface area contributed by atoms with Crippen LogP contribution in [-0.2, 0) is 12.2 Å². The van der Waals surface area contributed by atoms with Crippen molar-refractivity contribution in [1.82, 2.24) is 24.5 Å². The average molecular weight is 492 g/mol. The number of rotatable bonds is 6. The van der Waals surface area contributed by atoms with E-state index in [-0.39, 0.29) is 18.0 Å². The van der Waals surface area contributed by atoms with Crippen LogP contribution in [0.1, 0.15) is 42.3 Å². The van der Waals surface area contributed by atoms with Crippen molar-refractivity contribution in [1.29, 1.82) is 0 Å². The number of aryl methyl sites for hydroxylation is 2. The molecule has 9 heteroatoms. The van der Waals surface area contributed by atoms with Gasteiger partial charge < -0.3 is 9.84 Å². The Morgan fingerprint density at radius 1 is 1.06 bits per heavy atom. The Labute approximate surface area is 208 Å². The Bertz CT molecular complexity index is 1460. The third-order valence-corrected chi connectivity index (χ3v) is 5.74. The van der Waals surface area contributed by atoms with Crippen LogP contribution < -0.4 is 10.3 Å². The van der Waals surface area contributed by atoms with Gasteiger partial charge in [0.25, 0.3) is 5.56 Å². The molecule has 0 aromatic carbocycles. The molecule has 0 bridgehead atoms. The number of hydrogen-bond acceptors (Lipinski definition) is 7. The van der Waals surface area contributed by atoms with Crippen molar-refractivity contribution < 1.29 is 9.84 Å². The number of nitrogens with zero attached hydrogens (tertiary/aromatic N) is 5. The van der Waals surface area contributed by atoms with Crippen LogP contribution in [-0.4, -0.2) is 29.6 Å². The average Bonchev–Trinajstić information content (AvgIpc) is 2.81. The molecule has 4 aromatic heterocycles. The van der Waals surface area contributed by atoms with Gasteiger partial charge in [-0.05, 0) is 58.9 Å². The lowest BCUT2D eigenvalue weighted by atomic mass is 10.1. The standard InChI is InChI=1S/C26H26ClN5O3/c1-15-7-6-8-18(30-15)14-35-23-11-16(2)32(24(33)17(23)3)22-12-21(29-13-19(22)27)20-9-10-28-25(31-20)26(4,5)34/h6-13,34H,14H2,1-5H3. The maximum Gasteiger partial charge on any atom is 0.261 e. The monoisotopic (exact) mass is 491 g/mol. The van der Waals surface area contributed by atoms with Gasteiger partial charge in [-0.15, -0.1) is 0 Å². The first-order valence-electron chi connectivity index (χ1n) is 11.1. The van der Waals surface area contributed by atoms with Gasteiger partial charge in [-0.25, -0.2) is 9.97 Å². The molecule has 0 atom stereocenters. The topological polar surface area (TPSA) is 103 Å². The van der Waals surface area contributed by atoms with Crippen LogP contribution in [0.2, 0.25) is 5.02 Å². The SMILES string of the molecule is Cc1cccc(COc2cc(C)n(-c3cc(-c4ccnc(C(C)(C)O)n4)ncc3Cl)c(=O)c2C)n1. The predicted molar refractivity (Wildman–Crippen MR) is 134 cm³/mol. The highest BCUT2D eigenvalue weighted by atomic mass is 35.5. The third-order valence-electron chi connectivity index (χ3n) is 5.45. The Morgan fingerprint density at radius 3 is 2.54 bits per heavy atom. The van der Waals surface area contributed by atoms with E-state index < -0.39 is 5.60 Å². The minimum Gasteiger partial charge on any atom is -0.487 e. The highest BCUT2D eigenvalue weighted by Crippen LogP contribution is 2.27. The van der Waals surface area contributed by atoms with Crippen molar-refractivity contribution in [3.8, 4) is 22.8 Å². The zero-order chi connectivity index (χ0) is 25.3. The van der Waals surface area contributed by atoms with Crippen LogP contribution in [0.15, 0.2) is 53.6 Å². The molecule has 0 saturated heterocycles. The molecule has 4 heterocycles. The van der Waals surface area contributed by atoms with Crippen molar-refractivity contribution >= 4 is 11.6 Å². The van der Waals surface area contributed by atoms with Crippen LogP contribution in [0.5, 0.6) is 5.75 Å². The normalized spacial score (nSPS) is 11.5. The molecular formula is C26H26ClN5O3. The molecule has 4 rings (SSSR count). The summed E-state index contributed by atoms with van der Waals surface area (Å²) in [6, 6.07) is 10.9. The smallest absolute Gasteiger partial charge is 0.261 e. The van der Waals surface area contributed by atoms with E-state index in [9.17, 15) is 9.90 Å². The fourth-order valence-corrected chi connectivity index (χ4v) is 3.80. The molecule has 0 unspecified atom stereocenters. The van der Waals surface area contributed by atoms with E-state index in [2.05, 4.69) is 19.9 Å². The van der Waals surface area contributed by atoms with Gasteiger partial charge in [0, 0.05) is 29.8 Å². The summed E-state index contributed by atoms with van der Waals surface area (Å²) < 4.78 is 7.46. The minimum absolute atomic E-state index is 0.253. The predicted octanol–water partition coefficient (Wildman–Crippen LogP) is 4.47. The summed E-state index contributed by atoms with van der Waals surface area (Å²) in [5.74, 6) is 0.755. The van der Waals surface area contributed by atoms with Crippen molar-refractivity contribution in [2.75, 3.05) is 0 Å². The molecule has 1 N–H and O–H groups in total. The fraction of sp³-hybridized carbons (Fsp3) is 0.269. The second-order valence-electron chi connectivity index (χ2n) is 8.82. The van der Waals surface area contributed by atoms with Crippen molar-refractivity contribution in [3.05, 3.63) is 92.6 Å². The Morgan fingerprint density at radius 2 is 1.83 bits per heavy atom. The highest BCUT2D eigenvalue weighted by Gasteiger charge is 2.21. The van der Waals surface area contributed by atoms with Gasteiger partial charge in [-0.3, -0.25) is 19.3 Å². The Kier molecular flexibility index (Phi) is 6.69. The molecule has 0 amide bonds. The Hall–Kier alpha value is -3.62. The summed E-state index contributed by atoms with van der Waals surface area (Å²) in [6.07, 6.45) is 3.04. The zero-order valence-electron chi connectivity index (χ0n) is 20.2. The van der Waals surface area contributed by atoms with Gasteiger partial charge in [0.2, 0.25) is 0 Å². The van der Waals surface area contributed by atoms with Gasteiger partial charge in [-0.2, -0.15) is 0 Å². The van der Waals surface area contributed by atoms with Crippen molar-refractivity contribution in [2.24, 2.45) is 0 Å². The second-order valence-corrected chi connectivity index (χ2v) is 9.23. The fourth-order valence-electron chi connectivity index (χ4n) is 3.61. The van der Waals surface area contributed by atoms with Gasteiger partial charge >= 0.3 is 0 Å². The van der Waals surface area contributed by atoms with Crippen molar-refractivity contribution in [3.63, 3.8) is 0 Å². The van der Waals surface area contributed by atoms with Crippen LogP contribution in [0.4, 0.5) is 0 Å². The third kappa shape index (κ3) is 5.23. The Balaban J connectivity index is 1.72. The van der Waals surface area contributed by atoms with Crippen LogP contribution in [0, 0.1) is 20.8 Å². The van der Waals surface area contributed by atoms with Crippen LogP contribution >= 0.6 is 11.6 Å². The van der Waals surface area contributed by atoms with Gasteiger partial charge in [0.05, 0.1) is 33.4 Å². The largest absolute Gasteiger partial charge is 0.487 e. The van der Waals surface area contributed by atoms with Gasteiger partial charge in [0.1, 0.15) is 18.0 Å². The molecule has 0 fully saturated rings. The maximum atomic E-state index is 13.4. The minimum atomic E-state index is -1.21. The summed E-state index contributed by atoms with van der Waals surface area (Å²) in [5.41, 5.74) is 2.78. The molecule has 0 radical (unpaired) electrons. The van der Waals surface area contributed by atoms with E-state index in [1.54, 1.807) is 45.2 Å². The lowest BCUT2D eigenvalue weighted by Crippen LogP contribution is -2.24. The number of hydrogen-bond donors (Lipinski definition) is 1. The molecule has 0 aliphatic heterocycles. The first-order valence-corrected chi connectivity index (χ1v) is 11.4. The van der Waals surface area contributed by atoms with Gasteiger partial charge in [0.15, 0.2) is 5.82 Å². The molecule has 0 aliphatic rings. The van der Waals surface area contributed by atoms with Crippen molar-refractivity contribution in [2.45, 2.75) is 46.8 Å². The molecule has 180 valence electrons.